The highest BCUT2D eigenvalue weighted by Gasteiger charge is 2.11. The summed E-state index contributed by atoms with van der Waals surface area (Å²) in [5.41, 5.74) is 0. The highest BCUT2D eigenvalue weighted by Crippen LogP contribution is 2.32. The van der Waals surface area contributed by atoms with Crippen molar-refractivity contribution in [2.45, 2.75) is 0 Å². The number of fused-ring (bicyclic) bond motifs is 1. The van der Waals surface area contributed by atoms with Crippen LogP contribution < -0.4 is 9.47 Å². The number of rotatable bonds is 0. The largest absolute Gasteiger partial charge is 0.458 e. The standard InChI is InChI=1S/C8H5FO2/c9-6-2-1-3-7-8(6)11-5-4-10-7/h1-5H. The maximum absolute atomic E-state index is 12.8. The van der Waals surface area contributed by atoms with Gasteiger partial charge in [0.15, 0.2) is 11.6 Å². The average molecular weight is 152 g/mol. The Balaban J connectivity index is 2.54. The first-order valence-electron chi connectivity index (χ1n) is 3.15. The van der Waals surface area contributed by atoms with E-state index in [-0.39, 0.29) is 5.75 Å². The Bertz CT molecular complexity index is 307. The van der Waals surface area contributed by atoms with E-state index in [2.05, 4.69) is 0 Å². The molecule has 0 N–H and O–H groups in total. The Kier molecular flexibility index (Phi) is 1.28. The van der Waals surface area contributed by atoms with E-state index >= 15 is 0 Å². The predicted molar refractivity (Wildman–Crippen MR) is 36.8 cm³/mol. The van der Waals surface area contributed by atoms with Gasteiger partial charge in [0.2, 0.25) is 5.75 Å². The molecule has 0 atom stereocenters. The van der Waals surface area contributed by atoms with Gasteiger partial charge in [-0.25, -0.2) is 4.39 Å². The van der Waals surface area contributed by atoms with Gasteiger partial charge in [-0.05, 0) is 12.1 Å². The molecule has 0 spiro atoms. The van der Waals surface area contributed by atoms with Gasteiger partial charge in [-0.2, -0.15) is 0 Å². The minimum absolute atomic E-state index is 0.148. The molecule has 1 aromatic carbocycles. The van der Waals surface area contributed by atoms with Crippen LogP contribution in [0.5, 0.6) is 11.5 Å². The van der Waals surface area contributed by atoms with Crippen LogP contribution in [0.1, 0.15) is 0 Å². The molecule has 1 aromatic rings. The lowest BCUT2D eigenvalue weighted by atomic mass is 10.3. The first-order valence-corrected chi connectivity index (χ1v) is 3.15. The van der Waals surface area contributed by atoms with Gasteiger partial charge in [0.1, 0.15) is 12.5 Å². The monoisotopic (exact) mass is 152 g/mol. The van der Waals surface area contributed by atoms with Crippen LogP contribution in [0.2, 0.25) is 0 Å². The molecule has 2 rings (SSSR count). The minimum Gasteiger partial charge on any atom is -0.458 e. The summed E-state index contributed by atoms with van der Waals surface area (Å²) in [7, 11) is 0. The lowest BCUT2D eigenvalue weighted by Crippen LogP contribution is -1.97. The molecular weight excluding hydrogens is 147 g/mol. The number of halogens is 1. The lowest BCUT2D eigenvalue weighted by Gasteiger charge is -2.11. The van der Waals surface area contributed by atoms with Gasteiger partial charge in [0, 0.05) is 0 Å². The van der Waals surface area contributed by atoms with Gasteiger partial charge in [-0.15, -0.1) is 0 Å². The molecule has 2 nitrogen and oxygen atoms in total. The van der Waals surface area contributed by atoms with Gasteiger partial charge < -0.3 is 9.47 Å². The highest BCUT2D eigenvalue weighted by atomic mass is 19.1. The van der Waals surface area contributed by atoms with Gasteiger partial charge >= 0.3 is 0 Å². The van der Waals surface area contributed by atoms with E-state index in [1.54, 1.807) is 12.1 Å². The third kappa shape index (κ3) is 0.941. The van der Waals surface area contributed by atoms with Crippen LogP contribution in [0.3, 0.4) is 0 Å². The van der Waals surface area contributed by atoms with Crippen molar-refractivity contribution in [2.24, 2.45) is 0 Å². The predicted octanol–water partition coefficient (Wildman–Crippen LogP) is 2.07. The summed E-state index contributed by atoms with van der Waals surface area (Å²) in [6, 6.07) is 4.53. The number of para-hydroxylation sites is 1. The van der Waals surface area contributed by atoms with Crippen LogP contribution in [0.25, 0.3) is 0 Å². The Hall–Kier alpha value is -1.51. The maximum atomic E-state index is 12.8. The van der Waals surface area contributed by atoms with E-state index in [4.69, 9.17) is 9.47 Å². The van der Waals surface area contributed by atoms with Crippen molar-refractivity contribution in [2.75, 3.05) is 0 Å². The molecule has 0 unspecified atom stereocenters. The SMILES string of the molecule is Fc1cccc2c1OC=CO2. The summed E-state index contributed by atoms with van der Waals surface area (Å²) in [6.07, 6.45) is 2.66. The Morgan fingerprint density at radius 1 is 1.09 bits per heavy atom. The molecule has 1 heterocycles. The van der Waals surface area contributed by atoms with Crippen LogP contribution in [-0.2, 0) is 0 Å². The molecule has 11 heavy (non-hydrogen) atoms. The molecule has 1 aliphatic heterocycles. The summed E-state index contributed by atoms with van der Waals surface area (Å²) < 4.78 is 22.7. The van der Waals surface area contributed by atoms with Gasteiger partial charge in [0.05, 0.1) is 0 Å². The van der Waals surface area contributed by atoms with E-state index in [1.165, 1.54) is 18.6 Å². The van der Waals surface area contributed by atoms with Crippen LogP contribution in [0.15, 0.2) is 30.7 Å². The van der Waals surface area contributed by atoms with Crippen molar-refractivity contribution in [3.63, 3.8) is 0 Å². The van der Waals surface area contributed by atoms with Gasteiger partial charge in [0.25, 0.3) is 0 Å². The normalized spacial score (nSPS) is 13.2. The topological polar surface area (TPSA) is 18.5 Å². The van der Waals surface area contributed by atoms with Gasteiger partial charge in [-0.3, -0.25) is 0 Å². The second kappa shape index (κ2) is 2.27. The minimum atomic E-state index is -0.410. The highest BCUT2D eigenvalue weighted by molar-refractivity contribution is 5.42. The first kappa shape index (κ1) is 6.22. The summed E-state index contributed by atoms with van der Waals surface area (Å²) in [5.74, 6) is 0.148. The Morgan fingerprint density at radius 3 is 2.73 bits per heavy atom. The molecule has 0 saturated heterocycles. The van der Waals surface area contributed by atoms with Crippen LogP contribution in [0, 0.1) is 5.82 Å². The van der Waals surface area contributed by atoms with Crippen molar-refractivity contribution in [1.82, 2.24) is 0 Å². The molecule has 0 aliphatic carbocycles. The number of hydrogen-bond acceptors (Lipinski definition) is 2. The van der Waals surface area contributed by atoms with Crippen molar-refractivity contribution < 1.29 is 13.9 Å². The van der Waals surface area contributed by atoms with Crippen molar-refractivity contribution >= 4 is 0 Å². The molecule has 56 valence electrons. The van der Waals surface area contributed by atoms with E-state index < -0.39 is 5.82 Å². The fraction of sp³-hybridized carbons (Fsp3) is 0. The number of benzene rings is 1. The zero-order chi connectivity index (χ0) is 7.68. The average Bonchev–Trinajstić information content (AvgIpc) is 2.06. The van der Waals surface area contributed by atoms with E-state index in [0.29, 0.717) is 5.75 Å². The fourth-order valence-electron chi connectivity index (χ4n) is 0.893. The smallest absolute Gasteiger partial charge is 0.204 e. The summed E-state index contributed by atoms with van der Waals surface area (Å²) >= 11 is 0. The van der Waals surface area contributed by atoms with Crippen molar-refractivity contribution in [3.8, 4) is 11.5 Å². The zero-order valence-corrected chi connectivity index (χ0v) is 5.58. The number of ether oxygens (including phenoxy) is 2. The Labute approximate surface area is 62.9 Å². The molecule has 0 amide bonds. The quantitative estimate of drug-likeness (QED) is 0.566. The third-order valence-electron chi connectivity index (χ3n) is 1.37. The summed E-state index contributed by atoms with van der Waals surface area (Å²) in [6.45, 7) is 0. The molecule has 0 bridgehead atoms. The van der Waals surface area contributed by atoms with Crippen LogP contribution in [-0.4, -0.2) is 0 Å². The first-order chi connectivity index (χ1) is 5.38. The van der Waals surface area contributed by atoms with Crippen molar-refractivity contribution in [3.05, 3.63) is 36.5 Å². The van der Waals surface area contributed by atoms with E-state index in [1.807, 2.05) is 0 Å². The Morgan fingerprint density at radius 2 is 1.91 bits per heavy atom. The van der Waals surface area contributed by atoms with Crippen LogP contribution in [0.4, 0.5) is 4.39 Å². The zero-order valence-electron chi connectivity index (χ0n) is 5.58. The van der Waals surface area contributed by atoms with Gasteiger partial charge in [-0.1, -0.05) is 6.07 Å². The van der Waals surface area contributed by atoms with E-state index in [0.717, 1.165) is 0 Å². The third-order valence-corrected chi connectivity index (χ3v) is 1.37. The van der Waals surface area contributed by atoms with Crippen LogP contribution >= 0.6 is 0 Å². The second-order valence-electron chi connectivity index (χ2n) is 2.07. The lowest BCUT2D eigenvalue weighted by molar-refractivity contribution is 0.344. The molecule has 3 heteroatoms. The second-order valence-corrected chi connectivity index (χ2v) is 2.07. The molecule has 1 aliphatic rings. The van der Waals surface area contributed by atoms with E-state index in [9.17, 15) is 4.39 Å². The molecule has 0 aromatic heterocycles. The molecule has 0 saturated carbocycles. The van der Waals surface area contributed by atoms with Crippen molar-refractivity contribution in [1.29, 1.82) is 0 Å². The molecule has 0 radical (unpaired) electrons. The summed E-state index contributed by atoms with van der Waals surface area (Å²) in [4.78, 5) is 0. The fourth-order valence-corrected chi connectivity index (χ4v) is 0.893. The number of hydrogen-bond donors (Lipinski definition) is 0. The summed E-state index contributed by atoms with van der Waals surface area (Å²) in [5, 5.41) is 0. The maximum Gasteiger partial charge on any atom is 0.204 e. The molecular formula is C8H5FO2. The molecule has 0 fully saturated rings.